The van der Waals surface area contributed by atoms with Crippen molar-refractivity contribution in [3.63, 3.8) is 0 Å². The zero-order chi connectivity index (χ0) is 26.2. The molecule has 2 aromatic rings. The SMILES string of the molecule is CCC(C(=O)NCC(C)C)N(Cc1ccc(F)cc1)C(=O)CN(c1ccccc1)S(=O)(=O)N(C)C. The summed E-state index contributed by atoms with van der Waals surface area (Å²) < 4.78 is 41.7. The maximum absolute atomic E-state index is 13.7. The Kier molecular flexibility index (Phi) is 10.2. The third-order valence-electron chi connectivity index (χ3n) is 5.40. The topological polar surface area (TPSA) is 90.0 Å². The van der Waals surface area contributed by atoms with Gasteiger partial charge in [-0.1, -0.05) is 51.1 Å². The van der Waals surface area contributed by atoms with Crippen LogP contribution in [0.15, 0.2) is 54.6 Å². The van der Waals surface area contributed by atoms with E-state index in [-0.39, 0.29) is 18.4 Å². The van der Waals surface area contributed by atoms with E-state index in [1.807, 2.05) is 13.8 Å². The van der Waals surface area contributed by atoms with Gasteiger partial charge in [-0.15, -0.1) is 0 Å². The van der Waals surface area contributed by atoms with Crippen LogP contribution in [0, 0.1) is 11.7 Å². The molecule has 0 bridgehead atoms. The van der Waals surface area contributed by atoms with Crippen LogP contribution in [0.5, 0.6) is 0 Å². The van der Waals surface area contributed by atoms with Crippen molar-refractivity contribution < 1.29 is 22.4 Å². The Hall–Kier alpha value is -2.98. The lowest BCUT2D eigenvalue weighted by Gasteiger charge is -2.34. The highest BCUT2D eigenvalue weighted by Gasteiger charge is 2.33. The predicted molar refractivity (Wildman–Crippen MR) is 135 cm³/mol. The van der Waals surface area contributed by atoms with Crippen LogP contribution in [0.25, 0.3) is 0 Å². The predicted octanol–water partition coefficient (Wildman–Crippen LogP) is 3.02. The molecule has 192 valence electrons. The van der Waals surface area contributed by atoms with E-state index >= 15 is 0 Å². The molecule has 0 saturated heterocycles. The van der Waals surface area contributed by atoms with E-state index in [1.165, 1.54) is 31.1 Å². The van der Waals surface area contributed by atoms with Crippen LogP contribution in [0.2, 0.25) is 0 Å². The molecule has 0 aliphatic heterocycles. The lowest BCUT2D eigenvalue weighted by Crippen LogP contribution is -2.53. The molecular weight excluding hydrogens is 471 g/mol. The lowest BCUT2D eigenvalue weighted by atomic mass is 10.1. The van der Waals surface area contributed by atoms with E-state index in [2.05, 4.69) is 5.32 Å². The molecule has 1 atom stereocenters. The molecule has 2 amide bonds. The average Bonchev–Trinajstić information content (AvgIpc) is 2.82. The molecule has 2 rings (SSSR count). The van der Waals surface area contributed by atoms with Crippen LogP contribution in [0.4, 0.5) is 10.1 Å². The monoisotopic (exact) mass is 506 g/mol. The highest BCUT2D eigenvalue weighted by molar-refractivity contribution is 7.90. The van der Waals surface area contributed by atoms with Crippen molar-refractivity contribution in [2.45, 2.75) is 39.8 Å². The van der Waals surface area contributed by atoms with E-state index in [9.17, 15) is 22.4 Å². The molecular formula is C25H35FN4O4S. The maximum atomic E-state index is 13.7. The van der Waals surface area contributed by atoms with Crippen LogP contribution in [0.3, 0.4) is 0 Å². The number of hydrogen-bond acceptors (Lipinski definition) is 4. The van der Waals surface area contributed by atoms with Crippen LogP contribution in [0.1, 0.15) is 32.8 Å². The molecule has 0 aliphatic carbocycles. The van der Waals surface area contributed by atoms with Gasteiger partial charge in [-0.05, 0) is 42.2 Å². The van der Waals surface area contributed by atoms with Gasteiger partial charge < -0.3 is 10.2 Å². The quantitative estimate of drug-likeness (QED) is 0.479. The van der Waals surface area contributed by atoms with Crippen molar-refractivity contribution in [3.8, 4) is 0 Å². The Bertz CT molecular complexity index is 1080. The molecule has 2 aromatic carbocycles. The first-order valence-electron chi connectivity index (χ1n) is 11.5. The molecule has 0 aliphatic rings. The van der Waals surface area contributed by atoms with Gasteiger partial charge in [0, 0.05) is 27.2 Å². The zero-order valence-corrected chi connectivity index (χ0v) is 21.8. The largest absolute Gasteiger partial charge is 0.354 e. The Morgan fingerprint density at radius 3 is 2.11 bits per heavy atom. The highest BCUT2D eigenvalue weighted by Crippen LogP contribution is 2.21. The second-order valence-corrected chi connectivity index (χ2v) is 10.9. The minimum absolute atomic E-state index is 0.0252. The normalized spacial score (nSPS) is 12.5. The van der Waals surface area contributed by atoms with E-state index in [0.29, 0.717) is 24.2 Å². The van der Waals surface area contributed by atoms with E-state index < -0.39 is 34.5 Å². The number of para-hydroxylation sites is 1. The fourth-order valence-electron chi connectivity index (χ4n) is 3.44. The number of halogens is 1. The molecule has 35 heavy (non-hydrogen) atoms. The van der Waals surface area contributed by atoms with Gasteiger partial charge in [0.05, 0.1) is 5.69 Å². The summed E-state index contributed by atoms with van der Waals surface area (Å²) in [6.07, 6.45) is 0.322. The lowest BCUT2D eigenvalue weighted by molar-refractivity contribution is -0.140. The fraction of sp³-hybridized carbons (Fsp3) is 0.440. The number of anilines is 1. The molecule has 0 saturated carbocycles. The highest BCUT2D eigenvalue weighted by atomic mass is 32.2. The summed E-state index contributed by atoms with van der Waals surface area (Å²) in [6, 6.07) is 13.1. The Morgan fingerprint density at radius 1 is 1.00 bits per heavy atom. The molecule has 0 aromatic heterocycles. The van der Waals surface area contributed by atoms with Crippen molar-refractivity contribution in [1.29, 1.82) is 0 Å². The van der Waals surface area contributed by atoms with Crippen molar-refractivity contribution in [3.05, 3.63) is 66.0 Å². The first-order valence-corrected chi connectivity index (χ1v) is 12.9. The standard InChI is InChI=1S/C25H35FN4O4S/c1-6-23(25(32)27-16-19(2)3)29(17-20-12-14-21(26)15-13-20)24(31)18-30(35(33,34)28(4)5)22-10-8-7-9-11-22/h7-15,19,23H,6,16-18H2,1-5H3,(H,27,32). The number of carbonyl (C=O) groups is 2. The molecule has 0 heterocycles. The minimum Gasteiger partial charge on any atom is -0.354 e. The molecule has 1 unspecified atom stereocenters. The van der Waals surface area contributed by atoms with Gasteiger partial charge in [0.1, 0.15) is 18.4 Å². The number of nitrogens with one attached hydrogen (secondary N) is 1. The van der Waals surface area contributed by atoms with Crippen LogP contribution >= 0.6 is 0 Å². The second kappa shape index (κ2) is 12.6. The van der Waals surface area contributed by atoms with Gasteiger partial charge in [0.2, 0.25) is 11.8 Å². The third kappa shape index (κ3) is 7.76. The summed E-state index contributed by atoms with van der Waals surface area (Å²) in [5.41, 5.74) is 0.949. The molecule has 0 fully saturated rings. The smallest absolute Gasteiger partial charge is 0.304 e. The van der Waals surface area contributed by atoms with Crippen LogP contribution in [-0.2, 0) is 26.3 Å². The fourth-order valence-corrected chi connectivity index (χ4v) is 4.50. The van der Waals surface area contributed by atoms with Crippen molar-refractivity contribution >= 4 is 27.7 Å². The zero-order valence-electron chi connectivity index (χ0n) is 20.9. The van der Waals surface area contributed by atoms with E-state index in [0.717, 1.165) is 8.61 Å². The summed E-state index contributed by atoms with van der Waals surface area (Å²) in [7, 11) is -1.23. The molecule has 10 heteroatoms. The molecule has 8 nitrogen and oxygen atoms in total. The van der Waals surface area contributed by atoms with Gasteiger partial charge >= 0.3 is 10.2 Å². The molecule has 1 N–H and O–H groups in total. The summed E-state index contributed by atoms with van der Waals surface area (Å²) in [5, 5.41) is 2.86. The van der Waals surface area contributed by atoms with Gasteiger partial charge in [0.15, 0.2) is 0 Å². The summed E-state index contributed by atoms with van der Waals surface area (Å²) in [5.74, 6) is -1.06. The average molecular weight is 507 g/mol. The molecule has 0 spiro atoms. The maximum Gasteiger partial charge on any atom is 0.304 e. The summed E-state index contributed by atoms with van der Waals surface area (Å²) in [6.45, 7) is 5.69. The number of carbonyl (C=O) groups excluding carboxylic acids is 2. The van der Waals surface area contributed by atoms with Gasteiger partial charge in [-0.25, -0.2) is 8.70 Å². The van der Waals surface area contributed by atoms with E-state index in [1.54, 1.807) is 49.4 Å². The third-order valence-corrected chi connectivity index (χ3v) is 7.22. The van der Waals surface area contributed by atoms with Gasteiger partial charge in [-0.3, -0.25) is 9.59 Å². The van der Waals surface area contributed by atoms with Gasteiger partial charge in [-0.2, -0.15) is 12.7 Å². The summed E-state index contributed by atoms with van der Waals surface area (Å²) >= 11 is 0. The molecule has 0 radical (unpaired) electrons. The Balaban J connectivity index is 2.44. The first-order chi connectivity index (χ1) is 16.5. The number of hydrogen-bond donors (Lipinski definition) is 1. The Morgan fingerprint density at radius 2 is 1.60 bits per heavy atom. The van der Waals surface area contributed by atoms with Crippen LogP contribution < -0.4 is 9.62 Å². The van der Waals surface area contributed by atoms with Crippen molar-refractivity contribution in [2.24, 2.45) is 5.92 Å². The summed E-state index contributed by atoms with van der Waals surface area (Å²) in [4.78, 5) is 28.0. The number of amides is 2. The minimum atomic E-state index is -4.00. The van der Waals surface area contributed by atoms with Crippen LogP contribution in [-0.4, -0.2) is 62.7 Å². The second-order valence-electron chi connectivity index (χ2n) is 8.84. The number of rotatable bonds is 12. The Labute approximate surface area is 207 Å². The number of nitrogens with zero attached hydrogens (tertiary/aromatic N) is 3. The number of benzene rings is 2. The van der Waals surface area contributed by atoms with Crippen molar-refractivity contribution in [2.75, 3.05) is 31.5 Å². The van der Waals surface area contributed by atoms with Gasteiger partial charge in [0.25, 0.3) is 0 Å². The van der Waals surface area contributed by atoms with Crippen molar-refractivity contribution in [1.82, 2.24) is 14.5 Å². The first kappa shape index (κ1) is 28.3. The van der Waals surface area contributed by atoms with E-state index in [4.69, 9.17) is 0 Å².